The Labute approximate surface area is 216 Å². The number of rotatable bonds is 17. The van der Waals surface area contributed by atoms with Gasteiger partial charge in [0.1, 0.15) is 11.9 Å². The minimum Gasteiger partial charge on any atom is -0.394 e. The first-order valence-corrected chi connectivity index (χ1v) is 13.2. The van der Waals surface area contributed by atoms with Crippen LogP contribution in [0.25, 0.3) is 0 Å². The molecule has 2 aromatic rings. The Hall–Kier alpha value is -2.40. The zero-order chi connectivity index (χ0) is 26.5. The van der Waals surface area contributed by atoms with Gasteiger partial charge in [-0.15, -0.1) is 0 Å². The van der Waals surface area contributed by atoms with E-state index in [1.54, 1.807) is 0 Å². The molecule has 3 rings (SSSR count). The summed E-state index contributed by atoms with van der Waals surface area (Å²) in [5, 5.41) is 21.8. The van der Waals surface area contributed by atoms with Gasteiger partial charge in [0.15, 0.2) is 6.10 Å². The third kappa shape index (κ3) is 8.84. The van der Waals surface area contributed by atoms with Gasteiger partial charge < -0.3 is 25.0 Å². The van der Waals surface area contributed by atoms with Crippen molar-refractivity contribution in [2.75, 3.05) is 25.1 Å². The van der Waals surface area contributed by atoms with E-state index in [0.717, 1.165) is 38.5 Å². The number of hydrogen-bond donors (Lipinski definition) is 3. The van der Waals surface area contributed by atoms with Gasteiger partial charge >= 0.3 is 11.6 Å². The monoisotopic (exact) mass is 523 g/mol. The van der Waals surface area contributed by atoms with Crippen LogP contribution in [0.5, 0.6) is 0 Å². The molecule has 1 fully saturated rings. The summed E-state index contributed by atoms with van der Waals surface area (Å²) in [5.41, 5.74) is 0.296. The molecular weight excluding hydrogens is 484 g/mol. The SMILES string of the molecule is O=c1nc(NCCCCCCCCCCCOCc2ccccc2)ccn1[C@@H]1O[C@H](CO)[C@@H](O)C1(F)F. The van der Waals surface area contributed by atoms with Gasteiger partial charge in [0, 0.05) is 19.3 Å². The lowest BCUT2D eigenvalue weighted by atomic mass is 10.1. The van der Waals surface area contributed by atoms with E-state index >= 15 is 0 Å². The third-order valence-corrected chi connectivity index (χ3v) is 6.53. The highest BCUT2D eigenvalue weighted by Gasteiger charge is 2.59. The number of benzene rings is 1. The molecule has 0 radical (unpaired) electrons. The van der Waals surface area contributed by atoms with Gasteiger partial charge in [-0.2, -0.15) is 13.8 Å². The fourth-order valence-electron chi connectivity index (χ4n) is 4.36. The summed E-state index contributed by atoms with van der Waals surface area (Å²) in [5.74, 6) is -3.42. The highest BCUT2D eigenvalue weighted by Crippen LogP contribution is 2.41. The summed E-state index contributed by atoms with van der Waals surface area (Å²) in [7, 11) is 0. The second kappa shape index (κ2) is 15.1. The Morgan fingerprint density at radius 3 is 2.27 bits per heavy atom. The topological polar surface area (TPSA) is 106 Å². The number of nitrogens with one attached hydrogen (secondary N) is 1. The maximum Gasteiger partial charge on any atom is 0.351 e. The third-order valence-electron chi connectivity index (χ3n) is 6.53. The molecular formula is C27H39F2N3O5. The number of halogens is 2. The zero-order valence-electron chi connectivity index (χ0n) is 21.2. The van der Waals surface area contributed by atoms with Crippen molar-refractivity contribution in [1.29, 1.82) is 0 Å². The molecule has 37 heavy (non-hydrogen) atoms. The maximum atomic E-state index is 14.2. The number of alkyl halides is 2. The summed E-state index contributed by atoms with van der Waals surface area (Å²) < 4.78 is 39.8. The van der Waals surface area contributed by atoms with Gasteiger partial charge in [0.2, 0.25) is 6.23 Å². The number of aliphatic hydroxyl groups excluding tert-OH is 2. The number of aliphatic hydroxyl groups is 2. The van der Waals surface area contributed by atoms with Crippen LogP contribution in [-0.2, 0) is 16.1 Å². The summed E-state index contributed by atoms with van der Waals surface area (Å²) in [6.07, 6.45) is 5.76. The lowest BCUT2D eigenvalue weighted by Crippen LogP contribution is -2.41. The van der Waals surface area contributed by atoms with Gasteiger partial charge in [-0.25, -0.2) is 4.79 Å². The zero-order valence-corrected chi connectivity index (χ0v) is 21.2. The Morgan fingerprint density at radius 2 is 1.65 bits per heavy atom. The van der Waals surface area contributed by atoms with Crippen LogP contribution in [0.15, 0.2) is 47.4 Å². The molecule has 0 spiro atoms. The second-order valence-corrected chi connectivity index (χ2v) is 9.48. The predicted octanol–water partition coefficient (Wildman–Crippen LogP) is 4.27. The molecule has 2 heterocycles. The molecule has 1 aliphatic rings. The standard InChI is InChI=1S/C27H39F2N3O5/c28-27(29)24(34)22(19-33)37-25(27)32-17-15-23(31-26(32)35)30-16-11-6-4-2-1-3-5-7-12-18-36-20-21-13-9-8-10-14-21/h8-10,13-15,17,22,24-25,33-34H,1-7,11-12,16,18-20H2,(H,30,31,35)/t22-,24-,25-/m1/s1. The van der Waals surface area contributed by atoms with Crippen molar-refractivity contribution in [2.24, 2.45) is 0 Å². The fourth-order valence-corrected chi connectivity index (χ4v) is 4.36. The summed E-state index contributed by atoms with van der Waals surface area (Å²) in [4.78, 5) is 16.1. The van der Waals surface area contributed by atoms with Crippen LogP contribution in [0.1, 0.15) is 69.6 Å². The van der Waals surface area contributed by atoms with Gasteiger partial charge in [-0.1, -0.05) is 75.3 Å². The van der Waals surface area contributed by atoms with Crippen LogP contribution >= 0.6 is 0 Å². The Bertz CT molecular complexity index is 976. The first kappa shape index (κ1) is 29.2. The Kier molecular flexibility index (Phi) is 11.9. The molecule has 1 aromatic carbocycles. The summed E-state index contributed by atoms with van der Waals surface area (Å²) >= 11 is 0. The van der Waals surface area contributed by atoms with Crippen molar-refractivity contribution in [3.05, 3.63) is 58.6 Å². The number of ether oxygens (including phenoxy) is 2. The van der Waals surface area contributed by atoms with Gasteiger partial charge in [-0.05, 0) is 24.5 Å². The number of hydrogen-bond acceptors (Lipinski definition) is 7. The van der Waals surface area contributed by atoms with E-state index in [9.17, 15) is 18.7 Å². The number of aromatic nitrogens is 2. The van der Waals surface area contributed by atoms with Crippen LogP contribution in [0, 0.1) is 0 Å². The first-order valence-electron chi connectivity index (χ1n) is 13.2. The van der Waals surface area contributed by atoms with Crippen molar-refractivity contribution in [2.45, 2.75) is 88.8 Å². The van der Waals surface area contributed by atoms with Crippen molar-refractivity contribution < 1.29 is 28.5 Å². The second-order valence-electron chi connectivity index (χ2n) is 9.48. The number of unbranched alkanes of at least 4 members (excludes halogenated alkanes) is 8. The molecule has 1 aromatic heterocycles. The lowest BCUT2D eigenvalue weighted by Gasteiger charge is -2.21. The summed E-state index contributed by atoms with van der Waals surface area (Å²) in [6, 6.07) is 11.6. The molecule has 10 heteroatoms. The molecule has 3 atom stereocenters. The number of nitrogens with zero attached hydrogens (tertiary/aromatic N) is 2. The molecule has 1 aliphatic heterocycles. The molecule has 206 valence electrons. The Balaban J connectivity index is 1.20. The summed E-state index contributed by atoms with van der Waals surface area (Å²) in [6.45, 7) is 1.33. The van der Waals surface area contributed by atoms with Crippen molar-refractivity contribution in [3.8, 4) is 0 Å². The highest BCUT2D eigenvalue weighted by atomic mass is 19.3. The van der Waals surface area contributed by atoms with Gasteiger partial charge in [0.05, 0.1) is 13.2 Å². The van der Waals surface area contributed by atoms with Crippen LogP contribution in [0.4, 0.5) is 14.6 Å². The fraction of sp³-hybridized carbons (Fsp3) is 0.630. The molecule has 0 amide bonds. The van der Waals surface area contributed by atoms with Gasteiger partial charge in [-0.3, -0.25) is 4.57 Å². The molecule has 3 N–H and O–H groups in total. The van der Waals surface area contributed by atoms with Crippen molar-refractivity contribution in [1.82, 2.24) is 9.55 Å². The smallest absolute Gasteiger partial charge is 0.351 e. The molecule has 8 nitrogen and oxygen atoms in total. The van der Waals surface area contributed by atoms with E-state index in [0.29, 0.717) is 23.5 Å². The first-order chi connectivity index (χ1) is 17.9. The average molecular weight is 524 g/mol. The molecule has 0 aliphatic carbocycles. The Morgan fingerprint density at radius 1 is 1.00 bits per heavy atom. The number of anilines is 1. The molecule has 0 unspecified atom stereocenters. The van der Waals surface area contributed by atoms with E-state index in [2.05, 4.69) is 22.4 Å². The largest absolute Gasteiger partial charge is 0.394 e. The van der Waals surface area contributed by atoms with Crippen molar-refractivity contribution >= 4 is 5.82 Å². The van der Waals surface area contributed by atoms with E-state index in [-0.39, 0.29) is 0 Å². The highest BCUT2D eigenvalue weighted by molar-refractivity contribution is 5.31. The van der Waals surface area contributed by atoms with Crippen LogP contribution in [0.3, 0.4) is 0 Å². The minimum absolute atomic E-state index is 0.301. The van der Waals surface area contributed by atoms with Crippen LogP contribution < -0.4 is 11.0 Å². The van der Waals surface area contributed by atoms with Crippen LogP contribution in [-0.4, -0.2) is 57.7 Å². The van der Waals surface area contributed by atoms with Crippen LogP contribution in [0.2, 0.25) is 0 Å². The predicted molar refractivity (Wildman–Crippen MR) is 137 cm³/mol. The molecule has 1 saturated heterocycles. The van der Waals surface area contributed by atoms with E-state index in [4.69, 9.17) is 14.6 Å². The lowest BCUT2D eigenvalue weighted by molar-refractivity contribution is -0.140. The van der Waals surface area contributed by atoms with E-state index in [1.807, 2.05) is 18.2 Å². The maximum absolute atomic E-state index is 14.2. The van der Waals surface area contributed by atoms with E-state index < -0.39 is 36.7 Å². The normalized spacial score (nSPS) is 20.8. The van der Waals surface area contributed by atoms with E-state index in [1.165, 1.54) is 43.7 Å². The average Bonchev–Trinajstić information content (AvgIpc) is 3.13. The molecule has 0 bridgehead atoms. The van der Waals surface area contributed by atoms with Gasteiger partial charge in [0.25, 0.3) is 0 Å². The minimum atomic E-state index is -3.72. The quantitative estimate of drug-likeness (QED) is 0.266. The van der Waals surface area contributed by atoms with Crippen molar-refractivity contribution in [3.63, 3.8) is 0 Å². The molecule has 0 saturated carbocycles.